The largest absolute Gasteiger partial charge is 0.459 e. The number of nitrogens with two attached hydrogens (primary N) is 1. The number of Topliss-reactive ketones (excluding diaryl/α,β-unsaturated/α-hetero) is 2. The normalized spacial score (nSPS) is 39.9. The van der Waals surface area contributed by atoms with E-state index in [9.17, 15) is 5.11 Å². The predicted molar refractivity (Wildman–Crippen MR) is 307 cm³/mol. The topological polar surface area (TPSA) is 216 Å². The highest BCUT2D eigenvalue weighted by atomic mass is 16.7. The van der Waals surface area contributed by atoms with Crippen molar-refractivity contribution in [1.29, 1.82) is 0 Å². The number of carbonyl (C=O) groups is 3. The van der Waals surface area contributed by atoms with Gasteiger partial charge in [-0.15, -0.1) is 0 Å². The maximum atomic E-state index is 16.3. The second-order valence-corrected chi connectivity index (χ2v) is 25.8. The number of epoxide rings is 1. The van der Waals surface area contributed by atoms with Crippen LogP contribution in [-0.4, -0.2) is 110 Å². The number of hydrogen-bond acceptors (Lipinski definition) is 13. The molecule has 0 amide bonds. The Morgan fingerprint density at radius 1 is 1.03 bits per heavy atom. The molecule has 12 aliphatic rings. The van der Waals surface area contributed by atoms with Crippen molar-refractivity contribution in [1.82, 2.24) is 37.2 Å². The number of aliphatic hydroxyl groups excluding tert-OH is 1. The number of guanidine groups is 1. The average molecular weight is 1080 g/mol. The molecule has 1 aromatic rings. The fraction of sp³-hybridized carbons (Fsp3) is 0.625. The zero-order chi connectivity index (χ0) is 54.9. The number of ketones is 2. The van der Waals surface area contributed by atoms with Crippen LogP contribution in [0.4, 0.5) is 0 Å². The molecule has 7 heterocycles. The summed E-state index contributed by atoms with van der Waals surface area (Å²) >= 11 is 0. The van der Waals surface area contributed by atoms with Gasteiger partial charge in [0, 0.05) is 61.9 Å². The Morgan fingerprint density at radius 3 is 2.70 bits per heavy atom. The van der Waals surface area contributed by atoms with Crippen LogP contribution in [0.1, 0.15) is 150 Å². The number of dihydropyridines is 2. The van der Waals surface area contributed by atoms with Crippen molar-refractivity contribution in [3.8, 4) is 0 Å². The van der Waals surface area contributed by atoms with Gasteiger partial charge in [0.05, 0.1) is 17.9 Å². The molecule has 13 rings (SSSR count). The summed E-state index contributed by atoms with van der Waals surface area (Å²) in [6.45, 7) is 8.71. The van der Waals surface area contributed by atoms with Gasteiger partial charge in [-0.25, -0.2) is 4.79 Å². The third-order valence-electron chi connectivity index (χ3n) is 21.1. The minimum Gasteiger partial charge on any atom is -0.459 e. The molecule has 2 saturated carbocycles. The molecule has 14 unspecified atom stereocenters. The van der Waals surface area contributed by atoms with Gasteiger partial charge in [-0.2, -0.15) is 0 Å². The van der Waals surface area contributed by atoms with E-state index in [0.717, 1.165) is 125 Å². The minimum atomic E-state index is -2.20. The monoisotopic (exact) mass is 1080 g/mol. The van der Waals surface area contributed by atoms with E-state index in [-0.39, 0.29) is 59.9 Å². The number of esters is 1. The smallest absolute Gasteiger partial charge is 0.350 e. The Labute approximate surface area is 467 Å². The number of rotatable bonds is 12. The first kappa shape index (κ1) is 54.3. The van der Waals surface area contributed by atoms with Crippen LogP contribution in [0, 0.1) is 40.9 Å². The number of carbonyl (C=O) groups excluding carboxylic acids is 3. The third-order valence-corrected chi connectivity index (χ3v) is 21.1. The van der Waals surface area contributed by atoms with Gasteiger partial charge in [-0.3, -0.25) is 14.6 Å². The van der Waals surface area contributed by atoms with Gasteiger partial charge in [0.2, 0.25) is 5.78 Å². The fourth-order valence-electron chi connectivity index (χ4n) is 17.6. The summed E-state index contributed by atoms with van der Waals surface area (Å²) in [5.74, 6) is 1.45. The maximum absolute atomic E-state index is 16.3. The molecule has 7 aliphatic heterocycles. The SMILES string of the molecule is CCNC12C=C3C=CCC4C5CCCC(C)(CC6=CNC(N)C=C6)Cc6cccc7c6C(=O)C6(OC6(CC=C(C)CC6(C8=CCNC9=C8CCC(NC)N9)CCCNC(=NC)N6)C7=O)C(=O)OC(C(CCO)CC1)C2C(CC5)C34. The van der Waals surface area contributed by atoms with Gasteiger partial charge in [0.25, 0.3) is 5.60 Å². The second-order valence-electron chi connectivity index (χ2n) is 25.8. The minimum absolute atomic E-state index is 0.0141. The molecule has 4 fully saturated rings. The first-order valence-corrected chi connectivity index (χ1v) is 30.3. The van der Waals surface area contributed by atoms with Crippen LogP contribution in [0.3, 0.4) is 0 Å². The van der Waals surface area contributed by atoms with Gasteiger partial charge < -0.3 is 57.5 Å². The summed E-state index contributed by atoms with van der Waals surface area (Å²) < 4.78 is 14.1. The van der Waals surface area contributed by atoms with E-state index in [1.54, 1.807) is 13.1 Å². The average Bonchev–Trinajstić information content (AvgIpc) is 2.01. The summed E-state index contributed by atoms with van der Waals surface area (Å²) in [5.41, 5.74) is 8.26. The van der Waals surface area contributed by atoms with E-state index in [1.807, 2.05) is 31.5 Å². The molecule has 0 radical (unpaired) electrons. The molecule has 1 aromatic carbocycles. The Kier molecular flexibility index (Phi) is 14.6. The number of allylic oxidation sites excluding steroid dienone is 5. The lowest BCUT2D eigenvalue weighted by atomic mass is 9.48. The lowest BCUT2D eigenvalue weighted by molar-refractivity contribution is -0.173. The number of aliphatic imine (C=N–C) groups is 1. The number of benzene rings is 1. The van der Waals surface area contributed by atoms with Crippen molar-refractivity contribution in [2.45, 2.75) is 171 Å². The van der Waals surface area contributed by atoms with E-state index in [4.69, 9.17) is 15.2 Å². The van der Waals surface area contributed by atoms with Crippen LogP contribution in [-0.2, 0) is 20.7 Å². The molecule has 5 aliphatic carbocycles. The zero-order valence-corrected chi connectivity index (χ0v) is 47.4. The van der Waals surface area contributed by atoms with Crippen molar-refractivity contribution in [3.05, 3.63) is 117 Å². The fourth-order valence-corrected chi connectivity index (χ4v) is 17.6. The summed E-state index contributed by atoms with van der Waals surface area (Å²) in [7, 11) is 3.79. The Balaban J connectivity index is 0.970. The van der Waals surface area contributed by atoms with E-state index < -0.39 is 40.1 Å². The van der Waals surface area contributed by atoms with E-state index in [1.165, 1.54) is 16.7 Å². The van der Waals surface area contributed by atoms with Crippen molar-refractivity contribution >= 4 is 23.5 Å². The van der Waals surface area contributed by atoms with Gasteiger partial charge in [-0.1, -0.05) is 86.9 Å². The highest BCUT2D eigenvalue weighted by Crippen LogP contribution is 2.63. The van der Waals surface area contributed by atoms with Crippen LogP contribution in [0.25, 0.3) is 0 Å². The molecular formula is C64H87N9O6. The lowest BCUT2D eigenvalue weighted by Gasteiger charge is -2.60. The number of hydrogen-bond donors (Lipinski definition) is 9. The van der Waals surface area contributed by atoms with Crippen LogP contribution < -0.4 is 43.0 Å². The lowest BCUT2D eigenvalue weighted by Crippen LogP contribution is -2.66. The standard InChI is InChI=1S/C64H87N9O6/c1-6-71-62-28-23-41(25-32-74)54-53(62)46-18-17-40(44-14-7-12-43(36-62)51(44)46)13-9-26-60(3,34-39-16-20-49(65)70-37-39)35-42-11-8-15-47-52(42)56(76)64(58(77)78-54)63(79-64,55(47)75)29-22-38(2)33-61(27-10-30-69-59(67-5)73-61)48-24-31-68-57-45(48)19-21-50(66-4)72-57/h7-8,11-12,15-16,20,22,24,36-37,40-41,44,46,49-51,53-54,66,68,70-72,74H,6,9-10,13-14,17-19,21,23,25-35,65H2,1-5H3,(H2,67,69,73). The van der Waals surface area contributed by atoms with Gasteiger partial charge in [-0.05, 0) is 179 Å². The Hall–Kier alpha value is -5.32. The molecule has 424 valence electrons. The Bertz CT molecular complexity index is 2880. The van der Waals surface area contributed by atoms with Crippen molar-refractivity contribution in [2.75, 3.05) is 40.3 Å². The highest BCUT2D eigenvalue weighted by Gasteiger charge is 2.86. The molecular weight excluding hydrogens is 991 g/mol. The molecule has 15 heteroatoms. The molecule has 14 atom stereocenters. The predicted octanol–water partition coefficient (Wildman–Crippen LogP) is 6.95. The first-order chi connectivity index (χ1) is 38.2. The van der Waals surface area contributed by atoms with Crippen LogP contribution >= 0.6 is 0 Å². The van der Waals surface area contributed by atoms with Crippen LogP contribution in [0.15, 0.2) is 106 Å². The molecule has 79 heavy (non-hydrogen) atoms. The van der Waals surface area contributed by atoms with Crippen molar-refractivity contribution in [2.24, 2.45) is 51.6 Å². The number of likely N-dealkylation sites (N-methyl/N-ethyl adjacent to an activating group) is 1. The number of nitrogens with one attached hydrogen (secondary N) is 7. The molecule has 0 aromatic heterocycles. The van der Waals surface area contributed by atoms with E-state index >= 15 is 14.4 Å². The summed E-state index contributed by atoms with van der Waals surface area (Å²) in [6.07, 6.45) is 30.7. The van der Waals surface area contributed by atoms with Crippen molar-refractivity contribution in [3.63, 3.8) is 0 Å². The summed E-state index contributed by atoms with van der Waals surface area (Å²) in [6, 6.07) is 5.66. The molecule has 2 saturated heterocycles. The maximum Gasteiger partial charge on any atom is 0.350 e. The number of fused-ring (bicyclic) bond motifs is 6. The van der Waals surface area contributed by atoms with Crippen LogP contribution in [0.2, 0.25) is 0 Å². The van der Waals surface area contributed by atoms with Crippen molar-refractivity contribution < 1.29 is 29.0 Å². The summed E-state index contributed by atoms with van der Waals surface area (Å²) in [4.78, 5) is 53.1. The quantitative estimate of drug-likeness (QED) is 0.0449. The summed E-state index contributed by atoms with van der Waals surface area (Å²) in [5, 5.41) is 36.2. The molecule has 6 bridgehead atoms. The Morgan fingerprint density at radius 2 is 1.90 bits per heavy atom. The number of ether oxygens (including phenoxy) is 2. The third kappa shape index (κ3) is 9.20. The molecule has 10 N–H and O–H groups in total. The van der Waals surface area contributed by atoms with Gasteiger partial charge in [0.15, 0.2) is 17.3 Å². The van der Waals surface area contributed by atoms with Gasteiger partial charge >= 0.3 is 5.97 Å². The van der Waals surface area contributed by atoms with Crippen LogP contribution in [0.5, 0.6) is 0 Å². The number of nitrogens with zero attached hydrogens (tertiary/aromatic N) is 1. The van der Waals surface area contributed by atoms with E-state index in [0.29, 0.717) is 49.1 Å². The second kappa shape index (κ2) is 21.2. The van der Waals surface area contributed by atoms with E-state index in [2.05, 4.69) is 99.4 Å². The highest BCUT2D eigenvalue weighted by molar-refractivity contribution is 6.33. The molecule has 15 nitrogen and oxygen atoms in total. The zero-order valence-electron chi connectivity index (χ0n) is 47.4. The molecule has 1 spiro atoms. The first-order valence-electron chi connectivity index (χ1n) is 30.3. The number of aliphatic hydroxyl groups is 1. The van der Waals surface area contributed by atoms with Gasteiger partial charge in [0.1, 0.15) is 11.9 Å².